The third-order valence-electron chi connectivity index (χ3n) is 8.43. The van der Waals surface area contributed by atoms with Gasteiger partial charge in [0.25, 0.3) is 0 Å². The van der Waals surface area contributed by atoms with Gasteiger partial charge >= 0.3 is 5.97 Å². The summed E-state index contributed by atoms with van der Waals surface area (Å²) >= 11 is 1.41. The largest absolute Gasteiger partial charge is 0.481 e. The zero-order valence-electron chi connectivity index (χ0n) is 23.9. The molecular formula is C34H34N4O4S. The van der Waals surface area contributed by atoms with Gasteiger partial charge in [-0.1, -0.05) is 61.0 Å². The minimum atomic E-state index is -0.959. The van der Waals surface area contributed by atoms with Crippen molar-refractivity contribution in [2.24, 2.45) is 11.8 Å². The molecule has 0 spiro atoms. The Bertz CT molecular complexity index is 1600. The predicted octanol–water partition coefficient (Wildman–Crippen LogP) is 6.47. The van der Waals surface area contributed by atoms with Gasteiger partial charge in [-0.25, -0.2) is 9.97 Å². The van der Waals surface area contributed by atoms with E-state index in [1.54, 1.807) is 16.0 Å². The molecule has 0 bridgehead atoms. The maximum absolute atomic E-state index is 14.0. The second-order valence-electron chi connectivity index (χ2n) is 11.3. The van der Waals surface area contributed by atoms with Crippen molar-refractivity contribution < 1.29 is 19.5 Å². The summed E-state index contributed by atoms with van der Waals surface area (Å²) < 4.78 is 0. The van der Waals surface area contributed by atoms with Crippen molar-refractivity contribution in [3.63, 3.8) is 0 Å². The lowest BCUT2D eigenvalue weighted by Crippen LogP contribution is -2.43. The number of benzene rings is 2. The smallest absolute Gasteiger partial charge is 0.304 e. The van der Waals surface area contributed by atoms with E-state index in [4.69, 9.17) is 4.98 Å². The average molecular weight is 595 g/mol. The van der Waals surface area contributed by atoms with Gasteiger partial charge < -0.3 is 5.11 Å². The number of carbonyl (C=O) groups is 3. The zero-order chi connectivity index (χ0) is 29.8. The van der Waals surface area contributed by atoms with Crippen molar-refractivity contribution in [2.45, 2.75) is 44.9 Å². The lowest BCUT2D eigenvalue weighted by molar-refractivity contribution is -0.141. The Morgan fingerprint density at radius 2 is 1.67 bits per heavy atom. The summed E-state index contributed by atoms with van der Waals surface area (Å²) in [6.45, 7) is 1.21. The number of aliphatic carboxylic acids is 1. The molecule has 2 amide bonds. The lowest BCUT2D eigenvalue weighted by atomic mass is 9.79. The van der Waals surface area contributed by atoms with E-state index in [2.05, 4.69) is 4.98 Å². The summed E-state index contributed by atoms with van der Waals surface area (Å²) in [4.78, 5) is 51.1. The molecule has 9 heteroatoms. The van der Waals surface area contributed by atoms with Crippen LogP contribution in [0.25, 0.3) is 22.4 Å². The first-order valence-corrected chi connectivity index (χ1v) is 15.7. The molecule has 2 unspecified atom stereocenters. The number of thiazole rings is 1. The number of hydrogen-bond acceptors (Lipinski definition) is 6. The van der Waals surface area contributed by atoms with Gasteiger partial charge in [-0.15, -0.1) is 11.3 Å². The fourth-order valence-electron chi connectivity index (χ4n) is 6.25. The monoisotopic (exact) mass is 594 g/mol. The Hall–Kier alpha value is -4.37. The fourth-order valence-corrected chi connectivity index (χ4v) is 7.10. The highest BCUT2D eigenvalue weighted by molar-refractivity contribution is 7.14. The van der Waals surface area contributed by atoms with Crippen LogP contribution in [0.1, 0.15) is 44.1 Å². The molecule has 2 atom stereocenters. The molecule has 2 fully saturated rings. The van der Waals surface area contributed by atoms with Gasteiger partial charge in [-0.05, 0) is 54.9 Å². The first-order valence-electron chi connectivity index (χ1n) is 14.9. The van der Waals surface area contributed by atoms with Crippen LogP contribution in [0.4, 0.5) is 10.9 Å². The highest BCUT2D eigenvalue weighted by atomic mass is 32.1. The van der Waals surface area contributed by atoms with Gasteiger partial charge in [-0.2, -0.15) is 0 Å². The van der Waals surface area contributed by atoms with E-state index in [-0.39, 0.29) is 24.2 Å². The van der Waals surface area contributed by atoms with Gasteiger partial charge in [-0.3, -0.25) is 24.2 Å². The zero-order valence-corrected chi connectivity index (χ0v) is 24.7. The van der Waals surface area contributed by atoms with Crippen LogP contribution in [0.2, 0.25) is 0 Å². The topological polar surface area (TPSA) is 104 Å². The minimum absolute atomic E-state index is 0.0553. The average Bonchev–Trinajstić information content (AvgIpc) is 3.68. The summed E-state index contributed by atoms with van der Waals surface area (Å²) in [7, 11) is 0. The van der Waals surface area contributed by atoms with Crippen molar-refractivity contribution in [3.05, 3.63) is 83.9 Å². The van der Waals surface area contributed by atoms with E-state index in [9.17, 15) is 19.5 Å². The van der Waals surface area contributed by atoms with Crippen LogP contribution in [-0.2, 0) is 20.8 Å². The number of hydrogen-bond donors (Lipinski definition) is 1. The predicted molar refractivity (Wildman–Crippen MR) is 168 cm³/mol. The van der Waals surface area contributed by atoms with Crippen molar-refractivity contribution in [3.8, 4) is 22.4 Å². The molecular weight excluding hydrogens is 560 g/mol. The molecule has 2 saturated heterocycles. The van der Waals surface area contributed by atoms with E-state index in [1.165, 1.54) is 11.3 Å². The first-order chi connectivity index (χ1) is 21.0. The van der Waals surface area contributed by atoms with Gasteiger partial charge in [0.05, 0.1) is 18.0 Å². The standard InChI is InChI=1S/C34H34N4O4S/c39-31-14-8-18-37(31)30-16-15-25(21-35-30)26-12-4-5-13-27(26)29-22-43-34(36-29)38-17-7-6-11-24(19-23-9-2-1-3-10-23)28(33(38)42)20-32(40)41/h1-5,9-10,12-13,15-16,21-22,24,28H,6-8,11,14,17-20H2,(H,40,41). The molecule has 43 heavy (non-hydrogen) atoms. The van der Waals surface area contributed by atoms with Gasteiger partial charge in [0.1, 0.15) is 5.82 Å². The maximum atomic E-state index is 14.0. The van der Waals surface area contributed by atoms with E-state index in [0.29, 0.717) is 36.9 Å². The Morgan fingerprint density at radius 1 is 0.907 bits per heavy atom. The molecule has 2 aliphatic heterocycles. The van der Waals surface area contributed by atoms with E-state index < -0.39 is 11.9 Å². The van der Waals surface area contributed by atoms with Gasteiger partial charge in [0.15, 0.2) is 5.13 Å². The van der Waals surface area contributed by atoms with Crippen molar-refractivity contribution in [1.82, 2.24) is 9.97 Å². The normalized spacial score (nSPS) is 19.3. The summed E-state index contributed by atoms with van der Waals surface area (Å²) in [6.07, 6.45) is 6.25. The second-order valence-corrected chi connectivity index (χ2v) is 12.1. The van der Waals surface area contributed by atoms with Gasteiger partial charge in [0, 0.05) is 42.2 Å². The molecule has 0 saturated carbocycles. The molecule has 0 radical (unpaired) electrons. The van der Waals surface area contributed by atoms with Crippen molar-refractivity contribution in [2.75, 3.05) is 22.9 Å². The van der Waals surface area contributed by atoms with E-state index in [0.717, 1.165) is 53.6 Å². The highest BCUT2D eigenvalue weighted by Gasteiger charge is 2.36. The summed E-state index contributed by atoms with van der Waals surface area (Å²) in [5.74, 6) is -1.03. The Kier molecular flexibility index (Phi) is 8.60. The Balaban J connectivity index is 1.27. The van der Waals surface area contributed by atoms with Crippen LogP contribution in [0.15, 0.2) is 78.3 Å². The van der Waals surface area contributed by atoms with Crippen LogP contribution < -0.4 is 9.80 Å². The Labute approximate surface area is 255 Å². The van der Waals surface area contributed by atoms with Crippen molar-refractivity contribution >= 4 is 40.1 Å². The Morgan fingerprint density at radius 3 is 2.40 bits per heavy atom. The molecule has 2 aliphatic rings. The number of carbonyl (C=O) groups excluding carboxylic acids is 2. The number of aromatic nitrogens is 2. The molecule has 4 heterocycles. The van der Waals surface area contributed by atoms with Crippen LogP contribution in [-0.4, -0.2) is 45.9 Å². The van der Waals surface area contributed by atoms with Gasteiger partial charge in [0.2, 0.25) is 11.8 Å². The number of carboxylic acid groups (broad SMARTS) is 1. The molecule has 2 aromatic carbocycles. The summed E-state index contributed by atoms with van der Waals surface area (Å²) in [5.41, 5.74) is 4.65. The van der Waals surface area contributed by atoms with Crippen LogP contribution in [0, 0.1) is 11.8 Å². The molecule has 2 aromatic heterocycles. The molecule has 0 aliphatic carbocycles. The van der Waals surface area contributed by atoms with Crippen molar-refractivity contribution in [1.29, 1.82) is 0 Å². The minimum Gasteiger partial charge on any atom is -0.481 e. The quantitative estimate of drug-likeness (QED) is 0.251. The third-order valence-corrected chi connectivity index (χ3v) is 9.29. The molecule has 220 valence electrons. The summed E-state index contributed by atoms with van der Waals surface area (Å²) in [6, 6.07) is 21.8. The summed E-state index contributed by atoms with van der Waals surface area (Å²) in [5, 5.41) is 12.3. The van der Waals surface area contributed by atoms with E-state index >= 15 is 0 Å². The molecule has 1 N–H and O–H groups in total. The molecule has 6 rings (SSSR count). The maximum Gasteiger partial charge on any atom is 0.304 e. The van der Waals surface area contributed by atoms with Crippen LogP contribution in [0.5, 0.6) is 0 Å². The number of nitrogens with zero attached hydrogens (tertiary/aromatic N) is 4. The number of anilines is 2. The fraction of sp³-hybridized carbons (Fsp3) is 0.324. The van der Waals surface area contributed by atoms with Crippen LogP contribution >= 0.6 is 11.3 Å². The van der Waals surface area contributed by atoms with E-state index in [1.807, 2.05) is 72.1 Å². The number of amides is 2. The SMILES string of the molecule is O=C(O)CC1C(=O)N(c2nc(-c3ccccc3-c3ccc(N4CCCC4=O)nc3)cs2)CCCCC1Cc1ccccc1. The highest BCUT2D eigenvalue weighted by Crippen LogP contribution is 2.37. The second kappa shape index (κ2) is 12.9. The molecule has 4 aromatic rings. The number of carboxylic acids is 1. The third kappa shape index (κ3) is 6.37. The van der Waals surface area contributed by atoms with Crippen LogP contribution in [0.3, 0.4) is 0 Å². The first kappa shape index (κ1) is 28.7. The molecule has 8 nitrogen and oxygen atoms in total. The number of rotatable bonds is 8. The lowest BCUT2D eigenvalue weighted by Gasteiger charge is -2.33. The number of pyridine rings is 1.